The molecule has 0 bridgehead atoms. The van der Waals surface area contributed by atoms with Gasteiger partial charge < -0.3 is 35.5 Å². The van der Waals surface area contributed by atoms with Gasteiger partial charge in [-0.1, -0.05) is 23.4 Å². The first kappa shape index (κ1) is 31.3. The van der Waals surface area contributed by atoms with Gasteiger partial charge in [-0.15, -0.1) is 0 Å². The van der Waals surface area contributed by atoms with Gasteiger partial charge in [0, 0.05) is 19.3 Å². The van der Waals surface area contributed by atoms with Crippen molar-refractivity contribution < 1.29 is 51.8 Å². The van der Waals surface area contributed by atoms with Crippen LogP contribution < -0.4 is 16.1 Å². The molecule has 0 aliphatic carbocycles. The number of anilines is 2. The zero-order valence-corrected chi connectivity index (χ0v) is 22.4. The van der Waals surface area contributed by atoms with Crippen molar-refractivity contribution in [1.29, 1.82) is 0 Å². The summed E-state index contributed by atoms with van der Waals surface area (Å²) < 4.78 is 55.4. The fraction of sp³-hybridized carbons (Fsp3) is 0.227. The molecule has 0 fully saturated rings. The molecule has 4 rings (SSSR count). The van der Waals surface area contributed by atoms with Crippen LogP contribution in [0.15, 0.2) is 50.7 Å². The lowest BCUT2D eigenvalue weighted by atomic mass is 9.78. The lowest BCUT2D eigenvalue weighted by molar-refractivity contribution is -0.192. The maximum atomic E-state index is 13.5. The van der Waals surface area contributed by atoms with Gasteiger partial charge in [-0.2, -0.15) is 13.2 Å². The van der Waals surface area contributed by atoms with E-state index >= 15 is 0 Å². The van der Waals surface area contributed by atoms with Crippen LogP contribution in [0.1, 0.15) is 16.8 Å². The molecule has 0 saturated heterocycles. The number of carbonyl (C=O) groups excluding carboxylic acids is 1. The van der Waals surface area contributed by atoms with Crippen molar-refractivity contribution in [3.63, 3.8) is 0 Å². The number of hydrogen-bond acceptors (Lipinski definition) is 10. The Morgan fingerprint density at radius 1 is 1.24 bits per heavy atom. The Labute approximate surface area is 237 Å². The predicted molar refractivity (Wildman–Crippen MR) is 138 cm³/mol. The maximum Gasteiger partial charge on any atom is 0.491 e. The third kappa shape index (κ3) is 8.15. The number of nitrogens with one attached hydrogen (secondary N) is 2. The van der Waals surface area contributed by atoms with E-state index in [1.54, 1.807) is 19.2 Å². The van der Waals surface area contributed by atoms with Crippen molar-refractivity contribution in [2.75, 3.05) is 24.2 Å². The van der Waals surface area contributed by atoms with Crippen molar-refractivity contribution in [3.8, 4) is 0 Å². The molecule has 2 heterocycles. The monoisotopic (exact) mass is 646 g/mol. The van der Waals surface area contributed by atoms with Crippen LogP contribution in [0, 0.1) is 5.82 Å². The van der Waals surface area contributed by atoms with Crippen LogP contribution in [0.3, 0.4) is 0 Å². The number of carboxylic acid groups (broad SMARTS) is 1. The number of nitrogens with zero attached hydrogens (tertiary/aromatic N) is 4. The Hall–Kier alpha value is -4.23. The van der Waals surface area contributed by atoms with Crippen molar-refractivity contribution >= 4 is 57.7 Å². The number of benzene rings is 2. The fourth-order valence-electron chi connectivity index (χ4n) is 3.40. The van der Waals surface area contributed by atoms with Gasteiger partial charge in [-0.05, 0) is 61.0 Å². The number of halogens is 5. The molecule has 41 heavy (non-hydrogen) atoms. The average molecular weight is 647 g/mol. The molecule has 1 aromatic heterocycles. The molecule has 0 saturated carbocycles. The van der Waals surface area contributed by atoms with Gasteiger partial charge in [-0.25, -0.2) is 13.8 Å². The summed E-state index contributed by atoms with van der Waals surface area (Å²) in [5.74, 6) is -3.52. The third-order valence-electron chi connectivity index (χ3n) is 5.44. The van der Waals surface area contributed by atoms with E-state index < -0.39 is 25.1 Å². The Balaban J connectivity index is 0.000000587. The smallest absolute Gasteiger partial charge is 0.475 e. The van der Waals surface area contributed by atoms with Crippen LogP contribution >= 0.6 is 15.9 Å². The Morgan fingerprint density at radius 2 is 1.95 bits per heavy atom. The van der Waals surface area contributed by atoms with Crippen LogP contribution in [0.5, 0.6) is 0 Å². The van der Waals surface area contributed by atoms with E-state index in [1.165, 1.54) is 23.1 Å². The molecule has 0 radical (unpaired) electrons. The predicted octanol–water partition coefficient (Wildman–Crippen LogP) is 2.14. The van der Waals surface area contributed by atoms with Crippen LogP contribution in [-0.4, -0.2) is 75.2 Å². The van der Waals surface area contributed by atoms with Gasteiger partial charge in [0.15, 0.2) is 5.69 Å². The SMILES string of the molecule is CN(Cc1cccc2c1COB2O)C(=O)CNc1nonc1/C(=N\O)Nc1ccc(F)c(Br)c1.O=C(O)C(F)(F)F. The quantitative estimate of drug-likeness (QED) is 0.0633. The van der Waals surface area contributed by atoms with Crippen molar-refractivity contribution in [2.45, 2.75) is 19.3 Å². The molecule has 0 unspecified atom stereocenters. The Bertz CT molecular complexity index is 1440. The number of rotatable bonds is 7. The first-order valence-corrected chi connectivity index (χ1v) is 12.1. The second kappa shape index (κ2) is 13.4. The first-order valence-electron chi connectivity index (χ1n) is 11.3. The first-order chi connectivity index (χ1) is 19.3. The molecule has 1 amide bonds. The van der Waals surface area contributed by atoms with Gasteiger partial charge in [0.1, 0.15) is 5.82 Å². The minimum absolute atomic E-state index is 0.0189. The second-order valence-corrected chi connectivity index (χ2v) is 9.07. The topological polar surface area (TPSA) is 183 Å². The van der Waals surface area contributed by atoms with Crippen molar-refractivity contribution in [2.24, 2.45) is 5.16 Å². The van der Waals surface area contributed by atoms with Crippen LogP contribution in [0.25, 0.3) is 0 Å². The minimum atomic E-state index is -5.08. The average Bonchev–Trinajstić information content (AvgIpc) is 3.55. The summed E-state index contributed by atoms with van der Waals surface area (Å²) in [7, 11) is 0.689. The number of fused-ring (bicyclic) bond motifs is 1. The molecular formula is C22H20BBrF4N6O7. The lowest BCUT2D eigenvalue weighted by Gasteiger charge is -2.19. The summed E-state index contributed by atoms with van der Waals surface area (Å²) in [6.07, 6.45) is -5.08. The maximum absolute atomic E-state index is 13.5. The van der Waals surface area contributed by atoms with Gasteiger partial charge in [0.2, 0.25) is 17.6 Å². The number of carbonyl (C=O) groups is 2. The van der Waals surface area contributed by atoms with Crippen molar-refractivity contribution in [1.82, 2.24) is 15.2 Å². The number of amidine groups is 1. The van der Waals surface area contributed by atoms with Gasteiger partial charge in [0.25, 0.3) is 0 Å². The van der Waals surface area contributed by atoms with E-state index in [-0.39, 0.29) is 40.9 Å². The summed E-state index contributed by atoms with van der Waals surface area (Å²) in [5.41, 5.74) is 2.87. The molecule has 13 nitrogen and oxygen atoms in total. The zero-order valence-electron chi connectivity index (χ0n) is 20.8. The highest BCUT2D eigenvalue weighted by Gasteiger charge is 2.38. The Kier molecular flexibility index (Phi) is 10.2. The molecule has 5 N–H and O–H groups in total. The fourth-order valence-corrected chi connectivity index (χ4v) is 3.78. The number of aliphatic carboxylic acids is 1. The third-order valence-corrected chi connectivity index (χ3v) is 6.05. The van der Waals surface area contributed by atoms with E-state index in [0.29, 0.717) is 17.7 Å². The van der Waals surface area contributed by atoms with Crippen LogP contribution in [-0.2, 0) is 27.4 Å². The molecule has 2 aromatic carbocycles. The highest BCUT2D eigenvalue weighted by molar-refractivity contribution is 9.10. The molecule has 19 heteroatoms. The van der Waals surface area contributed by atoms with Gasteiger partial charge >= 0.3 is 19.3 Å². The largest absolute Gasteiger partial charge is 0.491 e. The summed E-state index contributed by atoms with van der Waals surface area (Å²) in [4.78, 5) is 23.1. The van der Waals surface area contributed by atoms with Crippen LogP contribution in [0.4, 0.5) is 29.1 Å². The van der Waals surface area contributed by atoms with E-state index in [4.69, 9.17) is 19.2 Å². The summed E-state index contributed by atoms with van der Waals surface area (Å²) >= 11 is 3.08. The molecule has 0 spiro atoms. The number of likely N-dealkylation sites (N-methyl/N-ethyl adjacent to an activating group) is 1. The molecular weight excluding hydrogens is 627 g/mol. The van der Waals surface area contributed by atoms with Gasteiger partial charge in [-0.3, -0.25) is 4.79 Å². The number of amides is 1. The number of alkyl halides is 3. The highest BCUT2D eigenvalue weighted by Crippen LogP contribution is 2.22. The molecule has 1 aliphatic rings. The molecule has 218 valence electrons. The number of oxime groups is 1. The number of carboxylic acids is 1. The lowest BCUT2D eigenvalue weighted by Crippen LogP contribution is -2.33. The van der Waals surface area contributed by atoms with Crippen LogP contribution in [0.2, 0.25) is 0 Å². The van der Waals surface area contributed by atoms with E-state index in [2.05, 4.69) is 42.0 Å². The summed E-state index contributed by atoms with van der Waals surface area (Å²) in [6.45, 7) is 0.447. The number of hydrogen-bond donors (Lipinski definition) is 5. The van der Waals surface area contributed by atoms with E-state index in [0.717, 1.165) is 11.1 Å². The number of aromatic nitrogens is 2. The van der Waals surface area contributed by atoms with E-state index in [1.807, 2.05) is 6.07 Å². The van der Waals surface area contributed by atoms with Gasteiger partial charge in [0.05, 0.1) is 17.6 Å². The highest BCUT2D eigenvalue weighted by atomic mass is 79.9. The minimum Gasteiger partial charge on any atom is -0.475 e. The zero-order chi connectivity index (χ0) is 30.3. The second-order valence-electron chi connectivity index (χ2n) is 8.22. The van der Waals surface area contributed by atoms with Crippen molar-refractivity contribution in [3.05, 3.63) is 63.5 Å². The molecule has 1 aliphatic heterocycles. The molecule has 3 aromatic rings. The standard InChI is InChI=1S/C20H19BBrFN6O5.C2HF3O2/c1-29(9-11-3-2-4-14-13(11)10-33-21(14)31)17(30)8-24-19-18(27-34-28-19)20(26-32)25-12-5-6-16(23)15(22)7-12;3-2(4,5)1(6)7/h2-7,31-32H,8-10H2,1H3,(H,24,28)(H,25,26);(H,6,7). The summed E-state index contributed by atoms with van der Waals surface area (Å²) in [6, 6.07) is 9.58. The molecule has 0 atom stereocenters. The Morgan fingerprint density at radius 3 is 2.59 bits per heavy atom. The normalized spacial score (nSPS) is 12.8. The van der Waals surface area contributed by atoms with E-state index in [9.17, 15) is 32.6 Å². The summed E-state index contributed by atoms with van der Waals surface area (Å²) in [5, 5.41) is 42.6.